The van der Waals surface area contributed by atoms with E-state index in [1.165, 1.54) is 0 Å². The fourth-order valence-corrected chi connectivity index (χ4v) is 0.829. The number of carbonyl (C=O) groups excluding carboxylic acids is 1. The van der Waals surface area contributed by atoms with Gasteiger partial charge in [-0.05, 0) is 13.3 Å². The molecule has 0 aliphatic carbocycles. The lowest BCUT2D eigenvalue weighted by atomic mass is 10.3. The third kappa shape index (κ3) is 1.07. The van der Waals surface area contributed by atoms with Gasteiger partial charge in [0.2, 0.25) is 6.29 Å². The fourth-order valence-electron chi connectivity index (χ4n) is 0.829. The summed E-state index contributed by atoms with van der Waals surface area (Å²) >= 11 is 0. The van der Waals surface area contributed by atoms with Crippen molar-refractivity contribution in [1.29, 1.82) is 0 Å². The van der Waals surface area contributed by atoms with Crippen LogP contribution in [-0.4, -0.2) is 11.3 Å². The van der Waals surface area contributed by atoms with Crippen LogP contribution in [0, 0.1) is 6.92 Å². The highest BCUT2D eigenvalue weighted by atomic mass is 16.4. The molecule has 0 radical (unpaired) electrons. The maximum absolute atomic E-state index is 10.1. The first-order valence-electron chi connectivity index (χ1n) is 3.19. The fraction of sp³-hybridized carbons (Fsp3) is 0.429. The maximum Gasteiger partial charge on any atom is 0.260 e. The molecule has 0 unspecified atom stereocenters. The Labute approximate surface area is 59.1 Å². The number of aromatic nitrogens is 1. The van der Waals surface area contributed by atoms with Gasteiger partial charge >= 0.3 is 0 Å². The highest BCUT2D eigenvalue weighted by Crippen LogP contribution is 2.07. The van der Waals surface area contributed by atoms with Crippen LogP contribution in [0.25, 0.3) is 0 Å². The number of oxazole rings is 1. The minimum absolute atomic E-state index is 0.175. The van der Waals surface area contributed by atoms with Crippen molar-refractivity contribution in [2.24, 2.45) is 0 Å². The average molecular weight is 139 g/mol. The number of hydrogen-bond donors (Lipinski definition) is 0. The second-order valence-corrected chi connectivity index (χ2v) is 2.03. The molecule has 54 valence electrons. The third-order valence-electron chi connectivity index (χ3n) is 1.34. The molecule has 0 aliphatic heterocycles. The largest absolute Gasteiger partial charge is 0.439 e. The van der Waals surface area contributed by atoms with Crippen LogP contribution >= 0.6 is 0 Å². The molecule has 1 rings (SSSR count). The summed E-state index contributed by atoms with van der Waals surface area (Å²) in [5.41, 5.74) is 0.863. The lowest BCUT2D eigenvalue weighted by Crippen LogP contribution is -1.83. The third-order valence-corrected chi connectivity index (χ3v) is 1.34. The Morgan fingerprint density at radius 1 is 1.70 bits per heavy atom. The molecule has 0 aromatic carbocycles. The van der Waals surface area contributed by atoms with Crippen LogP contribution in [-0.2, 0) is 6.42 Å². The van der Waals surface area contributed by atoms with Crippen molar-refractivity contribution >= 4 is 6.29 Å². The first-order valence-corrected chi connectivity index (χ1v) is 3.19. The predicted octanol–water partition coefficient (Wildman–Crippen LogP) is 1.36. The molecule has 1 heterocycles. The standard InChI is InChI=1S/C7H9NO2/c1-3-6-5(2)10-7(4-9)8-6/h4H,3H2,1-2H3. The van der Waals surface area contributed by atoms with Gasteiger partial charge in [0.1, 0.15) is 5.76 Å². The Hall–Kier alpha value is -1.12. The Bertz CT molecular complexity index is 240. The molecule has 0 N–H and O–H groups in total. The molecule has 1 aromatic heterocycles. The highest BCUT2D eigenvalue weighted by molar-refractivity contribution is 5.67. The molecule has 10 heavy (non-hydrogen) atoms. The first kappa shape index (κ1) is 6.99. The molecule has 0 atom stereocenters. The highest BCUT2D eigenvalue weighted by Gasteiger charge is 2.04. The number of aryl methyl sites for hydroxylation is 2. The normalized spacial score (nSPS) is 9.80. The second-order valence-electron chi connectivity index (χ2n) is 2.03. The van der Waals surface area contributed by atoms with E-state index in [1.807, 2.05) is 6.92 Å². The van der Waals surface area contributed by atoms with Gasteiger partial charge in [0, 0.05) is 0 Å². The summed E-state index contributed by atoms with van der Waals surface area (Å²) in [5, 5.41) is 0. The van der Waals surface area contributed by atoms with Crippen molar-refractivity contribution in [3.8, 4) is 0 Å². The summed E-state index contributed by atoms with van der Waals surface area (Å²) in [7, 11) is 0. The van der Waals surface area contributed by atoms with E-state index in [0.717, 1.165) is 17.9 Å². The first-order chi connectivity index (χ1) is 4.77. The van der Waals surface area contributed by atoms with E-state index in [0.29, 0.717) is 6.29 Å². The molecule has 0 bridgehead atoms. The van der Waals surface area contributed by atoms with E-state index in [2.05, 4.69) is 4.98 Å². The Morgan fingerprint density at radius 2 is 2.40 bits per heavy atom. The lowest BCUT2D eigenvalue weighted by molar-refractivity contribution is 0.109. The van der Waals surface area contributed by atoms with Crippen LogP contribution in [0.15, 0.2) is 4.42 Å². The zero-order valence-corrected chi connectivity index (χ0v) is 6.05. The Kier molecular flexibility index (Phi) is 1.85. The summed E-state index contributed by atoms with van der Waals surface area (Å²) in [4.78, 5) is 14.0. The average Bonchev–Trinajstić information content (AvgIpc) is 2.30. The minimum atomic E-state index is 0.175. The molecular formula is C7H9NO2. The van der Waals surface area contributed by atoms with Gasteiger partial charge in [0.25, 0.3) is 5.89 Å². The molecule has 0 amide bonds. The summed E-state index contributed by atoms with van der Waals surface area (Å²) < 4.78 is 4.98. The molecule has 3 heteroatoms. The zero-order chi connectivity index (χ0) is 7.56. The Balaban J connectivity index is 3.03. The van der Waals surface area contributed by atoms with Crippen molar-refractivity contribution in [3.05, 3.63) is 17.3 Å². The van der Waals surface area contributed by atoms with E-state index >= 15 is 0 Å². The SMILES string of the molecule is CCc1nc(C=O)oc1C. The summed E-state index contributed by atoms with van der Waals surface area (Å²) in [6, 6.07) is 0. The maximum atomic E-state index is 10.1. The van der Waals surface area contributed by atoms with Gasteiger partial charge in [-0.2, -0.15) is 0 Å². The number of rotatable bonds is 2. The number of hydrogen-bond acceptors (Lipinski definition) is 3. The van der Waals surface area contributed by atoms with Gasteiger partial charge in [-0.1, -0.05) is 6.92 Å². The number of aldehydes is 1. The van der Waals surface area contributed by atoms with E-state index in [4.69, 9.17) is 4.42 Å². The van der Waals surface area contributed by atoms with Gasteiger partial charge in [-0.25, -0.2) is 4.98 Å². The molecule has 0 saturated heterocycles. The van der Waals surface area contributed by atoms with E-state index < -0.39 is 0 Å². The molecule has 0 saturated carbocycles. The van der Waals surface area contributed by atoms with Crippen LogP contribution in [0.1, 0.15) is 29.1 Å². The van der Waals surface area contributed by atoms with Crippen molar-refractivity contribution < 1.29 is 9.21 Å². The summed E-state index contributed by atoms with van der Waals surface area (Å²) in [5.74, 6) is 0.916. The molecule has 0 spiro atoms. The van der Waals surface area contributed by atoms with Gasteiger partial charge in [0.15, 0.2) is 0 Å². The van der Waals surface area contributed by atoms with Crippen LogP contribution in [0.2, 0.25) is 0 Å². The molecular weight excluding hydrogens is 130 g/mol. The monoisotopic (exact) mass is 139 g/mol. The van der Waals surface area contributed by atoms with Gasteiger partial charge in [0.05, 0.1) is 5.69 Å². The van der Waals surface area contributed by atoms with Crippen molar-refractivity contribution in [2.75, 3.05) is 0 Å². The van der Waals surface area contributed by atoms with Gasteiger partial charge < -0.3 is 4.42 Å². The smallest absolute Gasteiger partial charge is 0.260 e. The van der Waals surface area contributed by atoms with Crippen LogP contribution in [0.5, 0.6) is 0 Å². The number of carbonyl (C=O) groups is 1. The van der Waals surface area contributed by atoms with Gasteiger partial charge in [-0.3, -0.25) is 4.79 Å². The Morgan fingerprint density at radius 3 is 2.70 bits per heavy atom. The molecule has 1 aromatic rings. The topological polar surface area (TPSA) is 43.1 Å². The van der Waals surface area contributed by atoms with Crippen LogP contribution in [0.4, 0.5) is 0 Å². The molecule has 3 nitrogen and oxygen atoms in total. The van der Waals surface area contributed by atoms with E-state index in [-0.39, 0.29) is 5.89 Å². The molecule has 0 aliphatic rings. The van der Waals surface area contributed by atoms with E-state index in [9.17, 15) is 4.79 Å². The molecule has 0 fully saturated rings. The predicted molar refractivity (Wildman–Crippen MR) is 36.0 cm³/mol. The van der Waals surface area contributed by atoms with Crippen molar-refractivity contribution in [2.45, 2.75) is 20.3 Å². The lowest BCUT2D eigenvalue weighted by Gasteiger charge is -1.83. The zero-order valence-electron chi connectivity index (χ0n) is 6.05. The van der Waals surface area contributed by atoms with Crippen molar-refractivity contribution in [3.63, 3.8) is 0 Å². The minimum Gasteiger partial charge on any atom is -0.439 e. The van der Waals surface area contributed by atoms with Crippen LogP contribution < -0.4 is 0 Å². The second kappa shape index (κ2) is 2.64. The number of nitrogens with zero attached hydrogens (tertiary/aromatic N) is 1. The van der Waals surface area contributed by atoms with Crippen molar-refractivity contribution in [1.82, 2.24) is 4.98 Å². The summed E-state index contributed by atoms with van der Waals surface area (Å²) in [6.45, 7) is 3.78. The van der Waals surface area contributed by atoms with E-state index in [1.54, 1.807) is 6.92 Å². The summed E-state index contributed by atoms with van der Waals surface area (Å²) in [6.07, 6.45) is 1.43. The van der Waals surface area contributed by atoms with Crippen LogP contribution in [0.3, 0.4) is 0 Å². The quantitative estimate of drug-likeness (QED) is 0.581. The van der Waals surface area contributed by atoms with Gasteiger partial charge in [-0.15, -0.1) is 0 Å².